The van der Waals surface area contributed by atoms with Gasteiger partial charge in [-0.2, -0.15) is 5.26 Å². The van der Waals surface area contributed by atoms with Crippen LogP contribution in [0, 0.1) is 11.3 Å². The van der Waals surface area contributed by atoms with E-state index in [1.54, 1.807) is 7.11 Å². The van der Waals surface area contributed by atoms with Crippen molar-refractivity contribution in [3.63, 3.8) is 0 Å². The Hall–Kier alpha value is -2.02. The Labute approximate surface area is 108 Å². The quantitative estimate of drug-likeness (QED) is 0.868. The normalized spacial score (nSPS) is 9.94. The molecule has 0 saturated carbocycles. The van der Waals surface area contributed by atoms with Gasteiger partial charge in [-0.1, -0.05) is 19.9 Å². The van der Waals surface area contributed by atoms with Crippen LogP contribution in [-0.2, 0) is 4.79 Å². The summed E-state index contributed by atoms with van der Waals surface area (Å²) in [5.41, 5.74) is 1.80. The highest BCUT2D eigenvalue weighted by molar-refractivity contribution is 5.92. The van der Waals surface area contributed by atoms with Gasteiger partial charge in [0.1, 0.15) is 5.75 Å². The monoisotopic (exact) mass is 246 g/mol. The number of nitriles is 1. The maximum Gasteiger partial charge on any atom is 0.225 e. The summed E-state index contributed by atoms with van der Waals surface area (Å²) in [6, 6.07) is 7.66. The van der Waals surface area contributed by atoms with Gasteiger partial charge < -0.3 is 10.1 Å². The standard InChI is InChI=1S/C14H18N2O2/c1-10(2)11-6-7-12(13(9-11)18-3)16-14(17)5-4-8-15/h6-7,9-10H,4-5H2,1-3H3,(H,16,17). The lowest BCUT2D eigenvalue weighted by Gasteiger charge is -2.13. The van der Waals surface area contributed by atoms with Gasteiger partial charge >= 0.3 is 0 Å². The van der Waals surface area contributed by atoms with Gasteiger partial charge in [-0.15, -0.1) is 0 Å². The van der Waals surface area contributed by atoms with Gasteiger partial charge in [-0.3, -0.25) is 4.79 Å². The van der Waals surface area contributed by atoms with Crippen molar-refractivity contribution < 1.29 is 9.53 Å². The fourth-order valence-corrected chi connectivity index (χ4v) is 1.55. The Kier molecular flexibility index (Phi) is 5.19. The van der Waals surface area contributed by atoms with E-state index in [0.717, 1.165) is 5.56 Å². The first-order valence-corrected chi connectivity index (χ1v) is 5.93. The average Bonchev–Trinajstić information content (AvgIpc) is 2.36. The molecular formula is C14H18N2O2. The van der Waals surface area contributed by atoms with Crippen LogP contribution in [0.3, 0.4) is 0 Å². The van der Waals surface area contributed by atoms with Gasteiger partial charge in [0.05, 0.1) is 18.9 Å². The van der Waals surface area contributed by atoms with Crippen LogP contribution in [0.4, 0.5) is 5.69 Å². The SMILES string of the molecule is COc1cc(C(C)C)ccc1NC(=O)CCC#N. The van der Waals surface area contributed by atoms with Crippen molar-refractivity contribution in [2.24, 2.45) is 0 Å². The third-order valence-electron chi connectivity index (χ3n) is 2.63. The number of hydrogen-bond acceptors (Lipinski definition) is 3. The number of carbonyl (C=O) groups excluding carboxylic acids is 1. The second-order valence-corrected chi connectivity index (χ2v) is 4.32. The fourth-order valence-electron chi connectivity index (χ4n) is 1.55. The Bertz CT molecular complexity index is 461. The molecule has 1 amide bonds. The molecule has 0 aliphatic carbocycles. The molecule has 0 saturated heterocycles. The van der Waals surface area contributed by atoms with Crippen molar-refractivity contribution in [1.82, 2.24) is 0 Å². The van der Waals surface area contributed by atoms with Crippen molar-refractivity contribution in [1.29, 1.82) is 5.26 Å². The largest absolute Gasteiger partial charge is 0.495 e. The molecule has 0 aromatic heterocycles. The molecule has 0 atom stereocenters. The zero-order valence-corrected chi connectivity index (χ0v) is 11.0. The number of nitrogens with one attached hydrogen (secondary N) is 1. The summed E-state index contributed by atoms with van der Waals surface area (Å²) < 4.78 is 5.26. The van der Waals surface area contributed by atoms with Crippen LogP contribution in [0.2, 0.25) is 0 Å². The molecule has 18 heavy (non-hydrogen) atoms. The van der Waals surface area contributed by atoms with E-state index in [1.165, 1.54) is 0 Å². The average molecular weight is 246 g/mol. The Balaban J connectivity index is 2.83. The minimum atomic E-state index is -0.174. The molecule has 0 unspecified atom stereocenters. The number of amides is 1. The van der Waals surface area contributed by atoms with E-state index in [1.807, 2.05) is 24.3 Å². The molecule has 1 aromatic rings. The van der Waals surface area contributed by atoms with Gasteiger partial charge in [0.15, 0.2) is 0 Å². The minimum absolute atomic E-state index is 0.174. The van der Waals surface area contributed by atoms with Crippen molar-refractivity contribution >= 4 is 11.6 Å². The lowest BCUT2D eigenvalue weighted by atomic mass is 10.0. The Morgan fingerprint density at radius 3 is 2.78 bits per heavy atom. The summed E-state index contributed by atoms with van der Waals surface area (Å²) in [6.45, 7) is 4.19. The van der Waals surface area contributed by atoms with Crippen LogP contribution in [-0.4, -0.2) is 13.0 Å². The third kappa shape index (κ3) is 3.77. The highest BCUT2D eigenvalue weighted by Gasteiger charge is 2.09. The second-order valence-electron chi connectivity index (χ2n) is 4.32. The smallest absolute Gasteiger partial charge is 0.225 e. The number of methoxy groups -OCH3 is 1. The molecule has 0 fully saturated rings. The van der Waals surface area contributed by atoms with Gasteiger partial charge in [0.2, 0.25) is 5.91 Å². The van der Waals surface area contributed by atoms with Gasteiger partial charge in [0, 0.05) is 12.8 Å². The molecule has 4 nitrogen and oxygen atoms in total. The molecule has 0 radical (unpaired) electrons. The van der Waals surface area contributed by atoms with Crippen molar-refractivity contribution in [2.45, 2.75) is 32.6 Å². The number of anilines is 1. The van der Waals surface area contributed by atoms with E-state index in [2.05, 4.69) is 19.2 Å². The highest BCUT2D eigenvalue weighted by atomic mass is 16.5. The summed E-state index contributed by atoms with van der Waals surface area (Å²) in [6.07, 6.45) is 0.420. The third-order valence-corrected chi connectivity index (χ3v) is 2.63. The molecule has 1 rings (SSSR count). The minimum Gasteiger partial charge on any atom is -0.495 e. The molecule has 0 bridgehead atoms. The summed E-state index contributed by atoms with van der Waals surface area (Å²) in [4.78, 5) is 11.5. The lowest BCUT2D eigenvalue weighted by molar-refractivity contribution is -0.116. The summed E-state index contributed by atoms with van der Waals surface area (Å²) >= 11 is 0. The first-order chi connectivity index (χ1) is 8.58. The molecule has 0 spiro atoms. The van der Waals surface area contributed by atoms with E-state index in [-0.39, 0.29) is 18.7 Å². The summed E-state index contributed by atoms with van der Waals surface area (Å²) in [7, 11) is 1.57. The molecule has 1 aromatic carbocycles. The van der Waals surface area contributed by atoms with E-state index >= 15 is 0 Å². The van der Waals surface area contributed by atoms with Crippen LogP contribution in [0.5, 0.6) is 5.75 Å². The number of rotatable bonds is 5. The molecule has 0 heterocycles. The number of nitrogens with zero attached hydrogens (tertiary/aromatic N) is 1. The van der Waals surface area contributed by atoms with Crippen LogP contribution in [0.25, 0.3) is 0 Å². The Morgan fingerprint density at radius 2 is 2.22 bits per heavy atom. The van der Waals surface area contributed by atoms with Crippen molar-refractivity contribution in [3.05, 3.63) is 23.8 Å². The fraction of sp³-hybridized carbons (Fsp3) is 0.429. The molecule has 1 N–H and O–H groups in total. The van der Waals surface area contributed by atoms with E-state index in [4.69, 9.17) is 10.00 Å². The van der Waals surface area contributed by atoms with Crippen molar-refractivity contribution in [3.8, 4) is 11.8 Å². The predicted molar refractivity (Wildman–Crippen MR) is 70.6 cm³/mol. The second kappa shape index (κ2) is 6.65. The summed E-state index contributed by atoms with van der Waals surface area (Å²) in [5.74, 6) is 0.876. The maximum absolute atomic E-state index is 11.5. The molecule has 0 aliphatic rings. The Morgan fingerprint density at radius 1 is 1.50 bits per heavy atom. The predicted octanol–water partition coefficient (Wildman–Crippen LogP) is 3.06. The van der Waals surface area contributed by atoms with E-state index in [0.29, 0.717) is 17.4 Å². The summed E-state index contributed by atoms with van der Waals surface area (Å²) in [5, 5.41) is 11.2. The van der Waals surface area contributed by atoms with Crippen molar-refractivity contribution in [2.75, 3.05) is 12.4 Å². The molecule has 96 valence electrons. The molecular weight excluding hydrogens is 228 g/mol. The number of ether oxygens (including phenoxy) is 1. The number of benzene rings is 1. The van der Waals surface area contributed by atoms with E-state index in [9.17, 15) is 4.79 Å². The first-order valence-electron chi connectivity index (χ1n) is 5.93. The zero-order chi connectivity index (χ0) is 13.5. The van der Waals surface area contributed by atoms with Crippen LogP contribution in [0.1, 0.15) is 38.2 Å². The number of carbonyl (C=O) groups is 1. The van der Waals surface area contributed by atoms with Crippen LogP contribution in [0.15, 0.2) is 18.2 Å². The zero-order valence-electron chi connectivity index (χ0n) is 11.0. The van der Waals surface area contributed by atoms with Crippen LogP contribution >= 0.6 is 0 Å². The highest BCUT2D eigenvalue weighted by Crippen LogP contribution is 2.28. The molecule has 0 aliphatic heterocycles. The topological polar surface area (TPSA) is 62.1 Å². The maximum atomic E-state index is 11.5. The van der Waals surface area contributed by atoms with E-state index < -0.39 is 0 Å². The number of hydrogen-bond donors (Lipinski definition) is 1. The first kappa shape index (κ1) is 14.0. The van der Waals surface area contributed by atoms with Gasteiger partial charge in [-0.05, 0) is 23.6 Å². The lowest BCUT2D eigenvalue weighted by Crippen LogP contribution is -2.11. The van der Waals surface area contributed by atoms with Gasteiger partial charge in [0.25, 0.3) is 0 Å². The van der Waals surface area contributed by atoms with Gasteiger partial charge in [-0.25, -0.2) is 0 Å². The van der Waals surface area contributed by atoms with Crippen LogP contribution < -0.4 is 10.1 Å². The molecule has 4 heteroatoms.